The lowest BCUT2D eigenvalue weighted by molar-refractivity contribution is 0.414. The molecule has 0 radical (unpaired) electrons. The summed E-state index contributed by atoms with van der Waals surface area (Å²) >= 11 is 0. The summed E-state index contributed by atoms with van der Waals surface area (Å²) in [6, 6.07) is 8.04. The number of methoxy groups -OCH3 is 1. The van der Waals surface area contributed by atoms with Crippen LogP contribution in [0.5, 0.6) is 5.75 Å². The molecule has 6 heteroatoms. The second-order valence-corrected chi connectivity index (χ2v) is 5.64. The molecule has 0 fully saturated rings. The summed E-state index contributed by atoms with van der Waals surface area (Å²) in [6.45, 7) is 1.79. The molecule has 0 aliphatic carbocycles. The summed E-state index contributed by atoms with van der Waals surface area (Å²) in [7, 11) is 1.70. The zero-order valence-electron chi connectivity index (χ0n) is 13.4. The van der Waals surface area contributed by atoms with Crippen LogP contribution in [0.1, 0.15) is 11.1 Å². The summed E-state index contributed by atoms with van der Waals surface area (Å²) in [5.41, 5.74) is 3.68. The fourth-order valence-electron chi connectivity index (χ4n) is 2.89. The molecule has 0 bridgehead atoms. The lowest BCUT2D eigenvalue weighted by Gasteiger charge is -2.30. The minimum Gasteiger partial charge on any atom is -0.497 e. The quantitative estimate of drug-likeness (QED) is 0.739. The predicted molar refractivity (Wildman–Crippen MR) is 90.8 cm³/mol. The van der Waals surface area contributed by atoms with Gasteiger partial charge in [0.25, 0.3) is 0 Å². The number of fused-ring (bicyclic) bond motifs is 1. The molecular formula is C18H17N5O. The second-order valence-electron chi connectivity index (χ2n) is 5.64. The van der Waals surface area contributed by atoms with E-state index in [0.717, 1.165) is 30.9 Å². The SMILES string of the molecule is COc1ccc2c(c1)CCN(c1cnc(-c3ncccn3)nc1)C2. The molecular weight excluding hydrogens is 302 g/mol. The Bertz CT molecular complexity index is 836. The van der Waals surface area contributed by atoms with Gasteiger partial charge < -0.3 is 9.64 Å². The third kappa shape index (κ3) is 2.78. The van der Waals surface area contributed by atoms with Crippen LogP contribution in [0.25, 0.3) is 11.6 Å². The van der Waals surface area contributed by atoms with Gasteiger partial charge in [-0.2, -0.15) is 0 Å². The van der Waals surface area contributed by atoms with Gasteiger partial charge in [0, 0.05) is 25.5 Å². The molecule has 0 saturated carbocycles. The van der Waals surface area contributed by atoms with Gasteiger partial charge in [-0.05, 0) is 35.7 Å². The molecule has 3 aromatic rings. The largest absolute Gasteiger partial charge is 0.497 e. The van der Waals surface area contributed by atoms with Gasteiger partial charge in [0.1, 0.15) is 5.75 Å². The number of rotatable bonds is 3. The van der Waals surface area contributed by atoms with Gasteiger partial charge in [-0.3, -0.25) is 0 Å². The van der Waals surface area contributed by atoms with Crippen molar-refractivity contribution in [2.45, 2.75) is 13.0 Å². The van der Waals surface area contributed by atoms with Crippen LogP contribution in [0, 0.1) is 0 Å². The first kappa shape index (κ1) is 14.6. The van der Waals surface area contributed by atoms with Gasteiger partial charge in [-0.1, -0.05) is 6.07 Å². The Kier molecular flexibility index (Phi) is 3.78. The first-order valence-corrected chi connectivity index (χ1v) is 7.83. The number of anilines is 1. The number of aromatic nitrogens is 4. The van der Waals surface area contributed by atoms with E-state index in [-0.39, 0.29) is 0 Å². The molecule has 0 saturated heterocycles. The minimum absolute atomic E-state index is 0.542. The summed E-state index contributed by atoms with van der Waals surface area (Å²) in [5.74, 6) is 2.00. The summed E-state index contributed by atoms with van der Waals surface area (Å²) in [5, 5.41) is 0. The Hall–Kier alpha value is -3.02. The van der Waals surface area contributed by atoms with E-state index in [4.69, 9.17) is 4.74 Å². The monoisotopic (exact) mass is 319 g/mol. The predicted octanol–water partition coefficient (Wildman–Crippen LogP) is 2.50. The fourth-order valence-corrected chi connectivity index (χ4v) is 2.89. The Morgan fingerprint density at radius 1 is 0.958 bits per heavy atom. The molecule has 1 aliphatic rings. The molecule has 0 N–H and O–H groups in total. The summed E-state index contributed by atoms with van der Waals surface area (Å²) in [4.78, 5) is 19.5. The molecule has 3 heterocycles. The second kappa shape index (κ2) is 6.23. The van der Waals surface area contributed by atoms with Gasteiger partial charge in [-0.15, -0.1) is 0 Å². The average Bonchev–Trinajstić information content (AvgIpc) is 2.68. The van der Waals surface area contributed by atoms with Crippen molar-refractivity contribution in [2.24, 2.45) is 0 Å². The van der Waals surface area contributed by atoms with E-state index in [1.54, 1.807) is 25.6 Å². The van der Waals surface area contributed by atoms with Crippen molar-refractivity contribution in [3.05, 3.63) is 60.2 Å². The van der Waals surface area contributed by atoms with E-state index in [0.29, 0.717) is 11.6 Å². The van der Waals surface area contributed by atoms with Crippen LogP contribution in [-0.4, -0.2) is 33.6 Å². The third-order valence-electron chi connectivity index (χ3n) is 4.19. The van der Waals surface area contributed by atoms with Crippen molar-refractivity contribution in [3.63, 3.8) is 0 Å². The maximum absolute atomic E-state index is 5.30. The number of nitrogens with zero attached hydrogens (tertiary/aromatic N) is 5. The van der Waals surface area contributed by atoms with Crippen molar-refractivity contribution in [3.8, 4) is 17.4 Å². The molecule has 24 heavy (non-hydrogen) atoms. The maximum Gasteiger partial charge on any atom is 0.197 e. The lowest BCUT2D eigenvalue weighted by Crippen LogP contribution is -2.30. The Morgan fingerprint density at radius 3 is 2.46 bits per heavy atom. The Labute approximate surface area is 140 Å². The van der Waals surface area contributed by atoms with E-state index < -0.39 is 0 Å². The third-order valence-corrected chi connectivity index (χ3v) is 4.19. The highest BCUT2D eigenvalue weighted by molar-refractivity contribution is 5.51. The van der Waals surface area contributed by atoms with Gasteiger partial charge in [0.05, 0.1) is 25.2 Å². The molecule has 2 aromatic heterocycles. The number of hydrogen-bond acceptors (Lipinski definition) is 6. The van der Waals surface area contributed by atoms with E-state index >= 15 is 0 Å². The fraction of sp³-hybridized carbons (Fsp3) is 0.222. The molecule has 0 atom stereocenters. The zero-order valence-corrected chi connectivity index (χ0v) is 13.4. The number of ether oxygens (including phenoxy) is 1. The van der Waals surface area contributed by atoms with Crippen LogP contribution in [0.4, 0.5) is 5.69 Å². The lowest BCUT2D eigenvalue weighted by atomic mass is 9.99. The number of hydrogen-bond donors (Lipinski definition) is 0. The van der Waals surface area contributed by atoms with Crippen molar-refractivity contribution in [1.29, 1.82) is 0 Å². The van der Waals surface area contributed by atoms with Crippen molar-refractivity contribution >= 4 is 5.69 Å². The van der Waals surface area contributed by atoms with Crippen molar-refractivity contribution < 1.29 is 4.74 Å². The van der Waals surface area contributed by atoms with Gasteiger partial charge in [-0.25, -0.2) is 19.9 Å². The van der Waals surface area contributed by atoms with Crippen LogP contribution < -0.4 is 9.64 Å². The smallest absolute Gasteiger partial charge is 0.197 e. The summed E-state index contributed by atoms with van der Waals surface area (Å²) in [6.07, 6.45) is 8.04. The average molecular weight is 319 g/mol. The van der Waals surface area contributed by atoms with Gasteiger partial charge >= 0.3 is 0 Å². The van der Waals surface area contributed by atoms with Crippen molar-refractivity contribution in [2.75, 3.05) is 18.6 Å². The van der Waals surface area contributed by atoms with Crippen LogP contribution in [-0.2, 0) is 13.0 Å². The highest BCUT2D eigenvalue weighted by Gasteiger charge is 2.18. The van der Waals surface area contributed by atoms with E-state index in [2.05, 4.69) is 37.0 Å². The first-order chi connectivity index (χ1) is 11.8. The van der Waals surface area contributed by atoms with E-state index in [9.17, 15) is 0 Å². The highest BCUT2D eigenvalue weighted by Crippen LogP contribution is 2.26. The molecule has 0 unspecified atom stereocenters. The van der Waals surface area contributed by atoms with Crippen LogP contribution in [0.2, 0.25) is 0 Å². The normalized spacial score (nSPS) is 13.5. The Morgan fingerprint density at radius 2 is 1.71 bits per heavy atom. The van der Waals surface area contributed by atoms with E-state index in [1.165, 1.54) is 11.1 Å². The topological polar surface area (TPSA) is 64.0 Å². The Balaban J connectivity index is 1.54. The number of benzene rings is 1. The maximum atomic E-state index is 5.30. The molecule has 120 valence electrons. The van der Waals surface area contributed by atoms with Crippen LogP contribution in [0.3, 0.4) is 0 Å². The van der Waals surface area contributed by atoms with Crippen LogP contribution >= 0.6 is 0 Å². The minimum atomic E-state index is 0.542. The molecule has 6 nitrogen and oxygen atoms in total. The molecule has 1 aliphatic heterocycles. The summed E-state index contributed by atoms with van der Waals surface area (Å²) < 4.78 is 5.30. The molecule has 0 spiro atoms. The van der Waals surface area contributed by atoms with E-state index in [1.807, 2.05) is 18.5 Å². The molecule has 4 rings (SSSR count). The first-order valence-electron chi connectivity index (χ1n) is 7.83. The van der Waals surface area contributed by atoms with Gasteiger partial charge in [0.15, 0.2) is 11.6 Å². The standard InChI is InChI=1S/C18H17N5O/c1-24-16-4-3-14-12-23(8-5-13(14)9-16)15-10-21-18(22-11-15)17-19-6-2-7-20-17/h2-4,6-7,9-11H,5,8,12H2,1H3. The zero-order chi connectivity index (χ0) is 16.4. The van der Waals surface area contributed by atoms with Gasteiger partial charge in [0.2, 0.25) is 0 Å². The van der Waals surface area contributed by atoms with Crippen LogP contribution in [0.15, 0.2) is 49.1 Å². The molecule has 0 amide bonds. The van der Waals surface area contributed by atoms with Crippen molar-refractivity contribution in [1.82, 2.24) is 19.9 Å². The molecule has 1 aromatic carbocycles. The highest BCUT2D eigenvalue weighted by atomic mass is 16.5.